The zero-order valence-corrected chi connectivity index (χ0v) is 6.90. The zero-order valence-electron chi connectivity index (χ0n) is 6.90. The number of benzene rings is 1. The summed E-state index contributed by atoms with van der Waals surface area (Å²) in [5.74, 6) is -0.264. The number of para-hydroxylation sites is 1. The summed E-state index contributed by atoms with van der Waals surface area (Å²) < 4.78 is 18.1. The van der Waals surface area contributed by atoms with Gasteiger partial charge in [-0.2, -0.15) is 0 Å². The highest BCUT2D eigenvalue weighted by atomic mass is 19.1. The van der Waals surface area contributed by atoms with Gasteiger partial charge < -0.3 is 15.6 Å². The van der Waals surface area contributed by atoms with Gasteiger partial charge in [-0.1, -0.05) is 12.1 Å². The molecule has 2 rings (SSSR count). The fraction of sp³-hybridized carbons (Fsp3) is 0.333. The van der Waals surface area contributed by atoms with E-state index in [1.807, 2.05) is 0 Å². The van der Waals surface area contributed by atoms with E-state index in [0.29, 0.717) is 5.56 Å². The molecule has 1 heterocycles. The first-order valence-electron chi connectivity index (χ1n) is 4.05. The summed E-state index contributed by atoms with van der Waals surface area (Å²) in [4.78, 5) is 0. The normalized spacial score (nSPS) is 26.4. The second-order valence-corrected chi connectivity index (χ2v) is 3.06. The van der Waals surface area contributed by atoms with Crippen molar-refractivity contribution in [3.8, 4) is 5.75 Å². The molecule has 0 saturated heterocycles. The van der Waals surface area contributed by atoms with E-state index in [0.717, 1.165) is 0 Å². The summed E-state index contributed by atoms with van der Waals surface area (Å²) in [5.41, 5.74) is 6.19. The molecule has 0 radical (unpaired) electrons. The third-order valence-corrected chi connectivity index (χ3v) is 2.17. The average Bonchev–Trinajstić information content (AvgIpc) is 2.12. The van der Waals surface area contributed by atoms with Crippen LogP contribution >= 0.6 is 0 Å². The largest absolute Gasteiger partial charge is 0.487 e. The molecular formula is C9H10FNO2. The number of aliphatic hydroxyl groups is 1. The van der Waals surface area contributed by atoms with Crippen molar-refractivity contribution in [1.82, 2.24) is 0 Å². The van der Waals surface area contributed by atoms with Crippen molar-refractivity contribution in [3.63, 3.8) is 0 Å². The molecule has 0 amide bonds. The van der Waals surface area contributed by atoms with Gasteiger partial charge in [0.15, 0.2) is 11.6 Å². The van der Waals surface area contributed by atoms with Gasteiger partial charge in [-0.3, -0.25) is 0 Å². The molecule has 1 aliphatic rings. The Balaban J connectivity index is 2.49. The Morgan fingerprint density at radius 1 is 1.54 bits per heavy atom. The van der Waals surface area contributed by atoms with Crippen LogP contribution in [0, 0.1) is 5.82 Å². The van der Waals surface area contributed by atoms with Gasteiger partial charge in [0, 0.05) is 5.56 Å². The van der Waals surface area contributed by atoms with Crippen LogP contribution in [0.15, 0.2) is 18.2 Å². The van der Waals surface area contributed by atoms with Gasteiger partial charge >= 0.3 is 0 Å². The second kappa shape index (κ2) is 2.97. The molecule has 3 N–H and O–H groups in total. The molecule has 13 heavy (non-hydrogen) atoms. The number of ether oxygens (including phenoxy) is 1. The van der Waals surface area contributed by atoms with E-state index in [2.05, 4.69) is 0 Å². The number of aliphatic hydroxyl groups excluding tert-OH is 1. The van der Waals surface area contributed by atoms with E-state index in [1.165, 1.54) is 6.07 Å². The van der Waals surface area contributed by atoms with Crippen LogP contribution in [-0.2, 0) is 0 Å². The van der Waals surface area contributed by atoms with Crippen molar-refractivity contribution >= 4 is 0 Å². The summed E-state index contributed by atoms with van der Waals surface area (Å²) in [6, 6.07) is 3.96. The number of hydrogen-bond donors (Lipinski definition) is 2. The lowest BCUT2D eigenvalue weighted by molar-refractivity contribution is 0.0652. The number of fused-ring (bicyclic) bond motifs is 1. The van der Waals surface area contributed by atoms with E-state index < -0.39 is 18.0 Å². The Morgan fingerprint density at radius 3 is 3.08 bits per heavy atom. The minimum Gasteiger partial charge on any atom is -0.487 e. The van der Waals surface area contributed by atoms with Gasteiger partial charge in [-0.15, -0.1) is 0 Å². The molecule has 0 saturated carbocycles. The van der Waals surface area contributed by atoms with Gasteiger partial charge in [-0.05, 0) is 6.07 Å². The topological polar surface area (TPSA) is 55.5 Å². The van der Waals surface area contributed by atoms with E-state index in [-0.39, 0.29) is 12.4 Å². The van der Waals surface area contributed by atoms with Crippen molar-refractivity contribution in [3.05, 3.63) is 29.6 Å². The molecule has 2 atom stereocenters. The number of hydrogen-bond acceptors (Lipinski definition) is 3. The van der Waals surface area contributed by atoms with Crippen molar-refractivity contribution in [1.29, 1.82) is 0 Å². The standard InChI is InChI=1S/C9H10FNO2/c10-6-3-1-2-5-8(11)7(12)4-13-9(5)6/h1-3,7-8,12H,4,11H2/t7-,8+/m1/s1. The molecule has 0 aliphatic carbocycles. The fourth-order valence-electron chi connectivity index (χ4n) is 1.42. The van der Waals surface area contributed by atoms with Crippen molar-refractivity contribution in [2.24, 2.45) is 5.73 Å². The molecule has 0 aromatic heterocycles. The average molecular weight is 183 g/mol. The van der Waals surface area contributed by atoms with Crippen LogP contribution in [0.1, 0.15) is 11.6 Å². The molecule has 0 unspecified atom stereocenters. The van der Waals surface area contributed by atoms with Crippen LogP contribution in [0.5, 0.6) is 5.75 Å². The quantitative estimate of drug-likeness (QED) is 0.618. The Kier molecular flexibility index (Phi) is 1.94. The lowest BCUT2D eigenvalue weighted by Gasteiger charge is -2.27. The van der Waals surface area contributed by atoms with Crippen LogP contribution in [0.25, 0.3) is 0 Å². The zero-order chi connectivity index (χ0) is 9.42. The van der Waals surface area contributed by atoms with Gasteiger partial charge in [0.1, 0.15) is 12.7 Å². The maximum Gasteiger partial charge on any atom is 0.165 e. The molecule has 4 heteroatoms. The Bertz CT molecular complexity index is 329. The molecule has 1 aromatic carbocycles. The predicted molar refractivity (Wildman–Crippen MR) is 44.8 cm³/mol. The highest BCUT2D eigenvalue weighted by Crippen LogP contribution is 2.32. The van der Waals surface area contributed by atoms with Crippen LogP contribution in [0.4, 0.5) is 4.39 Å². The van der Waals surface area contributed by atoms with Gasteiger partial charge in [-0.25, -0.2) is 4.39 Å². The summed E-state index contributed by atoms with van der Waals surface area (Å²) in [7, 11) is 0. The number of rotatable bonds is 0. The summed E-state index contributed by atoms with van der Waals surface area (Å²) >= 11 is 0. The minimum absolute atomic E-state index is 0.0507. The second-order valence-electron chi connectivity index (χ2n) is 3.06. The maximum atomic E-state index is 13.1. The number of nitrogens with two attached hydrogens (primary N) is 1. The Morgan fingerprint density at radius 2 is 2.31 bits per heavy atom. The fourth-order valence-corrected chi connectivity index (χ4v) is 1.42. The molecule has 70 valence electrons. The molecule has 3 nitrogen and oxygen atoms in total. The maximum absolute atomic E-state index is 13.1. The van der Waals surface area contributed by atoms with Crippen LogP contribution in [-0.4, -0.2) is 17.8 Å². The van der Waals surface area contributed by atoms with Crippen LogP contribution in [0.3, 0.4) is 0 Å². The Hall–Kier alpha value is -1.13. The van der Waals surface area contributed by atoms with Gasteiger partial charge in [0.2, 0.25) is 0 Å². The van der Waals surface area contributed by atoms with Crippen molar-refractivity contribution in [2.45, 2.75) is 12.1 Å². The highest BCUT2D eigenvalue weighted by Gasteiger charge is 2.27. The molecule has 0 bridgehead atoms. The lowest BCUT2D eigenvalue weighted by Crippen LogP contribution is -2.36. The third kappa shape index (κ3) is 1.28. The van der Waals surface area contributed by atoms with E-state index in [9.17, 15) is 9.50 Å². The molecular weight excluding hydrogens is 173 g/mol. The molecule has 1 aromatic rings. The van der Waals surface area contributed by atoms with E-state index in [4.69, 9.17) is 10.5 Å². The molecule has 0 spiro atoms. The smallest absolute Gasteiger partial charge is 0.165 e. The predicted octanol–water partition coefficient (Wildman–Crippen LogP) is 0.579. The lowest BCUT2D eigenvalue weighted by atomic mass is 9.99. The van der Waals surface area contributed by atoms with Crippen molar-refractivity contribution < 1.29 is 14.2 Å². The molecule has 0 fully saturated rings. The first kappa shape index (κ1) is 8.47. The highest BCUT2D eigenvalue weighted by molar-refractivity contribution is 5.39. The van der Waals surface area contributed by atoms with Crippen LogP contribution < -0.4 is 10.5 Å². The van der Waals surface area contributed by atoms with E-state index >= 15 is 0 Å². The van der Waals surface area contributed by atoms with E-state index in [1.54, 1.807) is 12.1 Å². The van der Waals surface area contributed by atoms with Gasteiger partial charge in [0.05, 0.1) is 6.04 Å². The summed E-state index contributed by atoms with van der Waals surface area (Å²) in [5, 5.41) is 9.34. The molecule has 1 aliphatic heterocycles. The minimum atomic E-state index is -0.755. The summed E-state index contributed by atoms with van der Waals surface area (Å²) in [6.07, 6.45) is -0.755. The SMILES string of the molecule is N[C@H]1c2cccc(F)c2OC[C@H]1O. The summed E-state index contributed by atoms with van der Waals surface area (Å²) in [6.45, 7) is 0.0507. The van der Waals surface area contributed by atoms with Crippen molar-refractivity contribution in [2.75, 3.05) is 6.61 Å². The third-order valence-electron chi connectivity index (χ3n) is 2.17. The first-order chi connectivity index (χ1) is 6.20. The Labute approximate surface area is 74.9 Å². The van der Waals surface area contributed by atoms with Crippen LogP contribution in [0.2, 0.25) is 0 Å². The monoisotopic (exact) mass is 183 g/mol. The number of halogens is 1. The van der Waals surface area contributed by atoms with Gasteiger partial charge in [0.25, 0.3) is 0 Å². The first-order valence-corrected chi connectivity index (χ1v) is 4.05.